The average Bonchev–Trinajstić information content (AvgIpc) is 3.04. The first-order valence-electron chi connectivity index (χ1n) is 14.6. The van der Waals surface area contributed by atoms with Gasteiger partial charge < -0.3 is 9.47 Å². The quantitative estimate of drug-likeness (QED) is 0.156. The van der Waals surface area contributed by atoms with E-state index < -0.39 is 0 Å². The third-order valence-electron chi connectivity index (χ3n) is 7.80. The standard InChI is InChI=1S/C37H31Cl2N3O3/c1-22(2)28-19-29(23(3)17-35(28)44-4)36-41-33-12-8-7-11-27(33)37(43)42(36)40-20-30-26-10-6-5-9-25(26)14-16-34(30)45-21-24-13-15-31(38)32(39)18-24/h5-20,22H,21H2,1-4H3. The van der Waals surface area contributed by atoms with Crippen LogP contribution in [0.4, 0.5) is 0 Å². The van der Waals surface area contributed by atoms with Crippen LogP contribution >= 0.6 is 23.2 Å². The summed E-state index contributed by atoms with van der Waals surface area (Å²) in [4.78, 5) is 19.0. The Hall–Kier alpha value is -4.65. The molecule has 0 unspecified atom stereocenters. The van der Waals surface area contributed by atoms with Gasteiger partial charge in [0, 0.05) is 11.1 Å². The largest absolute Gasteiger partial charge is 0.496 e. The van der Waals surface area contributed by atoms with Crippen LogP contribution in [0.5, 0.6) is 11.5 Å². The minimum atomic E-state index is -0.272. The van der Waals surface area contributed by atoms with Crippen LogP contribution in [0, 0.1) is 6.92 Å². The van der Waals surface area contributed by atoms with Crippen molar-refractivity contribution in [3.63, 3.8) is 0 Å². The Bertz CT molecular complexity index is 2150. The number of hydrogen-bond acceptors (Lipinski definition) is 5. The molecule has 226 valence electrons. The summed E-state index contributed by atoms with van der Waals surface area (Å²) in [5, 5.41) is 8.18. The summed E-state index contributed by atoms with van der Waals surface area (Å²) in [6.45, 7) is 6.46. The highest BCUT2D eigenvalue weighted by Crippen LogP contribution is 2.34. The van der Waals surface area contributed by atoms with Crippen LogP contribution in [0.25, 0.3) is 33.1 Å². The molecule has 1 heterocycles. The zero-order valence-corrected chi connectivity index (χ0v) is 26.9. The Morgan fingerprint density at radius 3 is 2.40 bits per heavy atom. The predicted molar refractivity (Wildman–Crippen MR) is 185 cm³/mol. The van der Waals surface area contributed by atoms with Gasteiger partial charge in [0.25, 0.3) is 5.56 Å². The number of aryl methyl sites for hydroxylation is 1. The van der Waals surface area contributed by atoms with Crippen LogP contribution in [0.3, 0.4) is 0 Å². The Balaban J connectivity index is 1.52. The van der Waals surface area contributed by atoms with Crippen molar-refractivity contribution < 1.29 is 9.47 Å². The Labute approximate surface area is 271 Å². The SMILES string of the molecule is COc1cc(C)c(-c2nc3ccccc3c(=O)n2N=Cc2c(OCc3ccc(Cl)c(Cl)c3)ccc3ccccc23)cc1C(C)C. The van der Waals surface area contributed by atoms with Gasteiger partial charge in [-0.15, -0.1) is 0 Å². The number of para-hydroxylation sites is 1. The van der Waals surface area contributed by atoms with Gasteiger partial charge in [0.2, 0.25) is 0 Å². The molecule has 0 atom stereocenters. The lowest BCUT2D eigenvalue weighted by Crippen LogP contribution is -2.21. The fraction of sp³-hybridized carbons (Fsp3) is 0.162. The minimum absolute atomic E-state index is 0.189. The van der Waals surface area contributed by atoms with E-state index in [0.717, 1.165) is 44.3 Å². The van der Waals surface area contributed by atoms with Crippen LogP contribution in [-0.4, -0.2) is 23.0 Å². The van der Waals surface area contributed by atoms with Crippen molar-refractivity contribution in [2.45, 2.75) is 33.3 Å². The molecule has 0 aliphatic carbocycles. The van der Waals surface area contributed by atoms with Gasteiger partial charge in [0.1, 0.15) is 18.1 Å². The molecule has 6 aromatic rings. The maximum atomic E-state index is 14.0. The van der Waals surface area contributed by atoms with E-state index in [-0.39, 0.29) is 18.1 Å². The topological polar surface area (TPSA) is 65.7 Å². The van der Waals surface area contributed by atoms with Crippen molar-refractivity contribution in [1.29, 1.82) is 0 Å². The zero-order valence-electron chi connectivity index (χ0n) is 25.3. The van der Waals surface area contributed by atoms with Gasteiger partial charge in [-0.05, 0) is 82.8 Å². The molecule has 0 fully saturated rings. The molecular formula is C37H31Cl2N3O3. The third kappa shape index (κ3) is 6.04. The number of rotatable bonds is 8. The number of halogens is 2. The van der Waals surface area contributed by atoms with E-state index in [1.165, 1.54) is 4.68 Å². The highest BCUT2D eigenvalue weighted by Gasteiger charge is 2.19. The van der Waals surface area contributed by atoms with Crippen molar-refractivity contribution in [2.75, 3.05) is 7.11 Å². The van der Waals surface area contributed by atoms with Gasteiger partial charge in [0.15, 0.2) is 5.82 Å². The van der Waals surface area contributed by atoms with E-state index in [1.54, 1.807) is 31.5 Å². The molecule has 0 aliphatic rings. The van der Waals surface area contributed by atoms with Crippen LogP contribution in [0.15, 0.2) is 101 Å². The summed E-state index contributed by atoms with van der Waals surface area (Å²) < 4.78 is 13.4. The number of nitrogens with zero attached hydrogens (tertiary/aromatic N) is 3. The molecule has 0 spiro atoms. The Kier molecular flexibility index (Phi) is 8.61. The molecule has 0 saturated carbocycles. The second-order valence-corrected chi connectivity index (χ2v) is 11.9. The number of hydrogen-bond donors (Lipinski definition) is 0. The van der Waals surface area contributed by atoms with Crippen molar-refractivity contribution >= 4 is 51.1 Å². The summed E-state index contributed by atoms with van der Waals surface area (Å²) >= 11 is 12.4. The second kappa shape index (κ2) is 12.8. The van der Waals surface area contributed by atoms with Gasteiger partial charge in [-0.3, -0.25) is 4.79 Å². The average molecular weight is 637 g/mol. The lowest BCUT2D eigenvalue weighted by atomic mass is 9.96. The maximum Gasteiger partial charge on any atom is 0.282 e. The fourth-order valence-corrected chi connectivity index (χ4v) is 5.73. The van der Waals surface area contributed by atoms with Gasteiger partial charge in [-0.25, -0.2) is 4.98 Å². The first-order chi connectivity index (χ1) is 21.7. The lowest BCUT2D eigenvalue weighted by Gasteiger charge is -2.17. The van der Waals surface area contributed by atoms with Gasteiger partial charge >= 0.3 is 0 Å². The number of fused-ring (bicyclic) bond motifs is 2. The number of benzene rings is 5. The summed E-state index contributed by atoms with van der Waals surface area (Å²) in [6, 6.07) is 28.6. The lowest BCUT2D eigenvalue weighted by molar-refractivity contribution is 0.306. The van der Waals surface area contributed by atoms with Gasteiger partial charge in [0.05, 0.1) is 34.3 Å². The van der Waals surface area contributed by atoms with E-state index in [0.29, 0.717) is 32.5 Å². The normalized spacial score (nSPS) is 11.6. The molecule has 5 aromatic carbocycles. The summed E-state index contributed by atoms with van der Waals surface area (Å²) in [7, 11) is 1.67. The first-order valence-corrected chi connectivity index (χ1v) is 15.3. The smallest absolute Gasteiger partial charge is 0.282 e. The number of aromatic nitrogens is 2. The predicted octanol–water partition coefficient (Wildman–Crippen LogP) is 9.43. The molecule has 6 rings (SSSR count). The Morgan fingerprint density at radius 1 is 0.889 bits per heavy atom. The molecule has 0 aliphatic heterocycles. The van der Waals surface area contributed by atoms with Crippen molar-refractivity contribution in [3.05, 3.63) is 134 Å². The summed E-state index contributed by atoms with van der Waals surface area (Å²) in [5.41, 5.74) is 4.66. The molecule has 0 saturated heterocycles. The number of ether oxygens (including phenoxy) is 2. The van der Waals surface area contributed by atoms with Crippen LogP contribution in [0.2, 0.25) is 10.0 Å². The van der Waals surface area contributed by atoms with Gasteiger partial charge in [-0.1, -0.05) is 85.6 Å². The number of methoxy groups -OCH3 is 1. The van der Waals surface area contributed by atoms with Crippen LogP contribution in [-0.2, 0) is 6.61 Å². The molecule has 1 aromatic heterocycles. The van der Waals surface area contributed by atoms with Crippen molar-refractivity contribution in [1.82, 2.24) is 9.66 Å². The van der Waals surface area contributed by atoms with Gasteiger partial charge in [-0.2, -0.15) is 9.78 Å². The van der Waals surface area contributed by atoms with E-state index >= 15 is 0 Å². The fourth-order valence-electron chi connectivity index (χ4n) is 5.41. The maximum absolute atomic E-state index is 14.0. The minimum Gasteiger partial charge on any atom is -0.496 e. The molecule has 45 heavy (non-hydrogen) atoms. The molecule has 0 radical (unpaired) electrons. The molecule has 0 bridgehead atoms. The summed E-state index contributed by atoms with van der Waals surface area (Å²) in [5.74, 6) is 2.03. The first kappa shape index (κ1) is 30.4. The summed E-state index contributed by atoms with van der Waals surface area (Å²) in [6.07, 6.45) is 1.68. The highest BCUT2D eigenvalue weighted by molar-refractivity contribution is 6.42. The zero-order chi connectivity index (χ0) is 31.7. The molecule has 0 N–H and O–H groups in total. The van der Waals surface area contributed by atoms with E-state index in [2.05, 4.69) is 13.8 Å². The van der Waals surface area contributed by atoms with Crippen LogP contribution < -0.4 is 15.0 Å². The highest BCUT2D eigenvalue weighted by atomic mass is 35.5. The van der Waals surface area contributed by atoms with E-state index in [9.17, 15) is 4.79 Å². The van der Waals surface area contributed by atoms with Crippen molar-refractivity contribution in [3.8, 4) is 22.9 Å². The third-order valence-corrected chi connectivity index (χ3v) is 8.54. The Morgan fingerprint density at radius 2 is 1.64 bits per heavy atom. The molecular weight excluding hydrogens is 605 g/mol. The second-order valence-electron chi connectivity index (χ2n) is 11.1. The van der Waals surface area contributed by atoms with E-state index in [4.69, 9.17) is 42.8 Å². The molecule has 6 nitrogen and oxygen atoms in total. The molecule has 0 amide bonds. The van der Waals surface area contributed by atoms with Crippen molar-refractivity contribution in [2.24, 2.45) is 5.10 Å². The van der Waals surface area contributed by atoms with E-state index in [1.807, 2.05) is 79.7 Å². The monoisotopic (exact) mass is 635 g/mol. The van der Waals surface area contributed by atoms with Crippen LogP contribution in [0.1, 0.15) is 42.0 Å². The molecule has 8 heteroatoms.